The number of rotatable bonds is 2. The molecule has 0 spiro atoms. The molecule has 0 aliphatic rings. The van der Waals surface area contributed by atoms with Gasteiger partial charge in [0.05, 0.1) is 11.6 Å². The number of benzene rings is 2. The van der Waals surface area contributed by atoms with Crippen molar-refractivity contribution in [3.05, 3.63) is 64.5 Å². The van der Waals surface area contributed by atoms with Crippen LogP contribution >= 0.6 is 0 Å². The van der Waals surface area contributed by atoms with E-state index in [1.54, 1.807) is 37.3 Å². The lowest BCUT2D eigenvalue weighted by Crippen LogP contribution is -2.13. The summed E-state index contributed by atoms with van der Waals surface area (Å²) < 4.78 is 13.5. The highest BCUT2D eigenvalue weighted by molar-refractivity contribution is 6.04. The Hall–Kier alpha value is -2.67. The Labute approximate surface area is 116 Å². The molecule has 0 atom stereocenters. The lowest BCUT2D eigenvalue weighted by molar-refractivity contribution is 0.102. The molecule has 2 aromatic carbocycles. The number of carbonyl (C=O) groups excluding carboxylic acids is 1. The first-order valence-electron chi connectivity index (χ1n) is 6.09. The largest absolute Gasteiger partial charge is 0.322 e. The molecule has 2 rings (SSSR count). The second kappa shape index (κ2) is 5.54. The topological polar surface area (TPSA) is 52.9 Å². The van der Waals surface area contributed by atoms with Crippen molar-refractivity contribution in [3.63, 3.8) is 0 Å². The van der Waals surface area contributed by atoms with E-state index in [0.29, 0.717) is 16.8 Å². The molecule has 0 saturated heterocycles. The van der Waals surface area contributed by atoms with Crippen molar-refractivity contribution in [2.75, 3.05) is 5.32 Å². The SMILES string of the molecule is Cc1ccc(C(=O)Nc2cc(C#N)ccc2C)cc1F. The molecule has 1 amide bonds. The number of amides is 1. The van der Waals surface area contributed by atoms with Crippen LogP contribution in [0.1, 0.15) is 27.0 Å². The molecule has 20 heavy (non-hydrogen) atoms. The van der Waals surface area contributed by atoms with Gasteiger partial charge in [-0.1, -0.05) is 12.1 Å². The molecule has 1 N–H and O–H groups in total. The average Bonchev–Trinajstić information content (AvgIpc) is 2.44. The van der Waals surface area contributed by atoms with Crippen LogP contribution in [0, 0.1) is 31.0 Å². The third-order valence-electron chi connectivity index (χ3n) is 3.05. The van der Waals surface area contributed by atoms with Crippen LogP contribution in [-0.2, 0) is 0 Å². The third kappa shape index (κ3) is 2.83. The zero-order chi connectivity index (χ0) is 14.7. The van der Waals surface area contributed by atoms with Gasteiger partial charge in [0, 0.05) is 11.3 Å². The van der Waals surface area contributed by atoms with Crippen molar-refractivity contribution >= 4 is 11.6 Å². The Morgan fingerprint density at radius 1 is 1.15 bits per heavy atom. The maximum absolute atomic E-state index is 13.5. The van der Waals surface area contributed by atoms with E-state index in [4.69, 9.17) is 5.26 Å². The maximum Gasteiger partial charge on any atom is 0.255 e. The Morgan fingerprint density at radius 2 is 1.85 bits per heavy atom. The van der Waals surface area contributed by atoms with Gasteiger partial charge in [0.2, 0.25) is 0 Å². The van der Waals surface area contributed by atoms with Crippen LogP contribution in [0.3, 0.4) is 0 Å². The Balaban J connectivity index is 2.28. The summed E-state index contributed by atoms with van der Waals surface area (Å²) >= 11 is 0. The molecule has 0 saturated carbocycles. The first-order chi connectivity index (χ1) is 9.51. The summed E-state index contributed by atoms with van der Waals surface area (Å²) in [5, 5.41) is 11.5. The standard InChI is InChI=1S/C16H13FN2O/c1-10-4-6-13(8-14(10)17)16(20)19-15-7-12(9-18)5-3-11(15)2/h3-8H,1-2H3,(H,19,20). The minimum atomic E-state index is -0.417. The van der Waals surface area contributed by atoms with Crippen molar-refractivity contribution < 1.29 is 9.18 Å². The summed E-state index contributed by atoms with van der Waals surface area (Å²) in [7, 11) is 0. The number of anilines is 1. The maximum atomic E-state index is 13.5. The van der Waals surface area contributed by atoms with Gasteiger partial charge in [-0.15, -0.1) is 0 Å². The molecule has 0 aliphatic heterocycles. The van der Waals surface area contributed by atoms with Crippen LogP contribution in [0.25, 0.3) is 0 Å². The third-order valence-corrected chi connectivity index (χ3v) is 3.05. The molecule has 0 heterocycles. The summed E-state index contributed by atoms with van der Waals surface area (Å²) in [5.41, 5.74) is 2.58. The second-order valence-corrected chi connectivity index (χ2v) is 4.56. The van der Waals surface area contributed by atoms with E-state index in [1.165, 1.54) is 6.07 Å². The number of carbonyl (C=O) groups is 1. The zero-order valence-corrected chi connectivity index (χ0v) is 11.2. The monoisotopic (exact) mass is 268 g/mol. The van der Waals surface area contributed by atoms with E-state index < -0.39 is 11.7 Å². The van der Waals surface area contributed by atoms with E-state index in [2.05, 4.69) is 5.32 Å². The zero-order valence-electron chi connectivity index (χ0n) is 11.2. The van der Waals surface area contributed by atoms with Crippen LogP contribution in [0.2, 0.25) is 0 Å². The molecular formula is C16H13FN2O. The van der Waals surface area contributed by atoms with E-state index in [0.717, 1.165) is 5.56 Å². The normalized spacial score (nSPS) is 9.90. The van der Waals surface area contributed by atoms with Gasteiger partial charge in [0.15, 0.2) is 0 Å². The van der Waals surface area contributed by atoms with Crippen molar-refractivity contribution in [3.8, 4) is 6.07 Å². The second-order valence-electron chi connectivity index (χ2n) is 4.56. The lowest BCUT2D eigenvalue weighted by Gasteiger charge is -2.09. The predicted octanol–water partition coefficient (Wildman–Crippen LogP) is 3.57. The van der Waals surface area contributed by atoms with E-state index >= 15 is 0 Å². The lowest BCUT2D eigenvalue weighted by atomic mass is 10.1. The van der Waals surface area contributed by atoms with Gasteiger partial charge < -0.3 is 5.32 Å². The predicted molar refractivity (Wildman–Crippen MR) is 75.0 cm³/mol. The molecule has 0 radical (unpaired) electrons. The molecule has 0 unspecified atom stereocenters. The van der Waals surface area contributed by atoms with Crippen molar-refractivity contribution in [2.45, 2.75) is 13.8 Å². The summed E-state index contributed by atoms with van der Waals surface area (Å²) in [4.78, 5) is 12.1. The molecule has 0 bridgehead atoms. The fourth-order valence-corrected chi connectivity index (χ4v) is 1.75. The van der Waals surface area contributed by atoms with Gasteiger partial charge in [-0.05, 0) is 49.2 Å². The Bertz CT molecular complexity index is 717. The quantitative estimate of drug-likeness (QED) is 0.905. The number of hydrogen-bond donors (Lipinski definition) is 1. The number of nitrogens with one attached hydrogen (secondary N) is 1. The smallest absolute Gasteiger partial charge is 0.255 e. The van der Waals surface area contributed by atoms with Crippen LogP contribution in [0.5, 0.6) is 0 Å². The summed E-state index contributed by atoms with van der Waals surface area (Å²) in [6.07, 6.45) is 0. The van der Waals surface area contributed by atoms with Gasteiger partial charge in [-0.25, -0.2) is 4.39 Å². The highest BCUT2D eigenvalue weighted by Gasteiger charge is 2.10. The van der Waals surface area contributed by atoms with Crippen molar-refractivity contribution in [1.29, 1.82) is 5.26 Å². The summed E-state index contributed by atoms with van der Waals surface area (Å²) in [6, 6.07) is 11.4. The van der Waals surface area contributed by atoms with Crippen LogP contribution in [0.4, 0.5) is 10.1 Å². The number of nitrogens with zero attached hydrogens (tertiary/aromatic N) is 1. The van der Waals surface area contributed by atoms with E-state index in [1.807, 2.05) is 13.0 Å². The number of aryl methyl sites for hydroxylation is 2. The molecule has 3 nitrogen and oxygen atoms in total. The van der Waals surface area contributed by atoms with Gasteiger partial charge in [-0.2, -0.15) is 5.26 Å². The summed E-state index contributed by atoms with van der Waals surface area (Å²) in [6.45, 7) is 3.46. The Kier molecular flexibility index (Phi) is 3.81. The molecule has 4 heteroatoms. The first-order valence-corrected chi connectivity index (χ1v) is 6.09. The van der Waals surface area contributed by atoms with Crippen LogP contribution in [0.15, 0.2) is 36.4 Å². The van der Waals surface area contributed by atoms with Gasteiger partial charge in [-0.3, -0.25) is 4.79 Å². The minimum absolute atomic E-state index is 0.245. The van der Waals surface area contributed by atoms with Crippen LogP contribution < -0.4 is 5.32 Å². The number of hydrogen-bond acceptors (Lipinski definition) is 2. The van der Waals surface area contributed by atoms with E-state index in [-0.39, 0.29) is 5.56 Å². The molecule has 0 aromatic heterocycles. The van der Waals surface area contributed by atoms with Crippen molar-refractivity contribution in [1.82, 2.24) is 0 Å². The van der Waals surface area contributed by atoms with E-state index in [9.17, 15) is 9.18 Å². The highest BCUT2D eigenvalue weighted by Crippen LogP contribution is 2.18. The minimum Gasteiger partial charge on any atom is -0.322 e. The van der Waals surface area contributed by atoms with Crippen LogP contribution in [-0.4, -0.2) is 5.91 Å². The fraction of sp³-hybridized carbons (Fsp3) is 0.125. The number of nitriles is 1. The molecule has 0 aliphatic carbocycles. The Morgan fingerprint density at radius 3 is 2.50 bits per heavy atom. The summed E-state index contributed by atoms with van der Waals surface area (Å²) in [5.74, 6) is -0.817. The fourth-order valence-electron chi connectivity index (χ4n) is 1.75. The van der Waals surface area contributed by atoms with Gasteiger partial charge in [0.25, 0.3) is 5.91 Å². The van der Waals surface area contributed by atoms with Gasteiger partial charge in [0.1, 0.15) is 5.82 Å². The number of halogens is 1. The molecular weight excluding hydrogens is 255 g/mol. The molecule has 0 fully saturated rings. The van der Waals surface area contributed by atoms with Gasteiger partial charge >= 0.3 is 0 Å². The molecule has 100 valence electrons. The average molecular weight is 268 g/mol. The highest BCUT2D eigenvalue weighted by atomic mass is 19.1. The van der Waals surface area contributed by atoms with Crippen molar-refractivity contribution in [2.24, 2.45) is 0 Å². The first kappa shape index (κ1) is 13.8. The molecule has 2 aromatic rings.